The Morgan fingerprint density at radius 3 is 1.47 bits per heavy atom. The van der Waals surface area contributed by atoms with E-state index in [1.54, 1.807) is 0 Å². The van der Waals surface area contributed by atoms with Gasteiger partial charge in [-0.05, 0) is 48.3 Å². The normalized spacial score (nSPS) is 50.4. The largest absolute Gasteiger partial charge is 0.368 e. The molecule has 2 amide bonds. The van der Waals surface area contributed by atoms with Crippen LogP contribution in [-0.4, -0.2) is 54.9 Å². The third-order valence-electron chi connectivity index (χ3n) is 9.75. The Labute approximate surface area is 176 Å². The van der Waals surface area contributed by atoms with Crippen LogP contribution in [0.5, 0.6) is 0 Å². The minimum atomic E-state index is -1.46. The van der Waals surface area contributed by atoms with Gasteiger partial charge in [-0.3, -0.25) is 9.59 Å². The van der Waals surface area contributed by atoms with Gasteiger partial charge in [0.15, 0.2) is 11.4 Å². The summed E-state index contributed by atoms with van der Waals surface area (Å²) in [6, 6.07) is 0. The molecule has 6 aliphatic rings. The molecule has 162 valence electrons. The minimum Gasteiger partial charge on any atom is -0.368 e. The molecule has 0 radical (unpaired) electrons. The lowest BCUT2D eigenvalue weighted by atomic mass is 9.84. The predicted molar refractivity (Wildman–Crippen MR) is 108 cm³/mol. The highest BCUT2D eigenvalue weighted by molar-refractivity contribution is 6.35. The lowest BCUT2D eigenvalue weighted by Gasteiger charge is -2.37. The molecule has 0 bridgehead atoms. The molecule has 8 heteroatoms. The number of aliphatic hydroxyl groups is 2. The van der Waals surface area contributed by atoms with Crippen molar-refractivity contribution in [2.75, 3.05) is 0 Å². The van der Waals surface area contributed by atoms with E-state index in [0.29, 0.717) is 36.1 Å². The van der Waals surface area contributed by atoms with Crippen LogP contribution in [0.2, 0.25) is 0 Å². The molecule has 30 heavy (non-hydrogen) atoms. The van der Waals surface area contributed by atoms with Crippen LogP contribution in [0.1, 0.15) is 54.4 Å². The summed E-state index contributed by atoms with van der Waals surface area (Å²) in [6.07, 6.45) is 0.839. The lowest BCUT2D eigenvalue weighted by molar-refractivity contribution is -0.185. The van der Waals surface area contributed by atoms with Crippen molar-refractivity contribution in [1.29, 1.82) is 0 Å². The van der Waals surface area contributed by atoms with E-state index in [2.05, 4.69) is 37.9 Å². The summed E-state index contributed by atoms with van der Waals surface area (Å²) < 4.78 is 0. The van der Waals surface area contributed by atoms with Gasteiger partial charge in [-0.25, -0.2) is 0 Å². The number of carbonyl (C=O) groups excluding carboxylic acids is 2. The first kappa shape index (κ1) is 18.9. The van der Waals surface area contributed by atoms with Crippen LogP contribution >= 0.6 is 0 Å². The first-order valence-electron chi connectivity index (χ1n) is 11.0. The number of hydrazone groups is 2. The molecule has 8 atom stereocenters. The highest BCUT2D eigenvalue weighted by Gasteiger charge is 2.78. The molecular weight excluding hydrogens is 384 g/mol. The second-order valence-electron chi connectivity index (χ2n) is 11.7. The summed E-state index contributed by atoms with van der Waals surface area (Å²) >= 11 is 0. The Kier molecular flexibility index (Phi) is 3.04. The standard InChI is InChI=1S/C22H30N4O4/c1-9-13-15-11(19(15,3)4)7-21(13,29)25(23-9)17(27)18(28)26-22(30)8-12-16(20(12,5)6)14(22)10(2)24-26/h11-16,29-30H,7-8H2,1-6H3/t11-,12-,13+,14+,15+,16+,21+,22+/m1/s1. The van der Waals surface area contributed by atoms with Crippen molar-refractivity contribution in [3.05, 3.63) is 0 Å². The van der Waals surface area contributed by atoms with Gasteiger partial charge in [-0.1, -0.05) is 27.7 Å². The molecule has 8 nitrogen and oxygen atoms in total. The Morgan fingerprint density at radius 2 is 1.13 bits per heavy atom. The van der Waals surface area contributed by atoms with Crippen molar-refractivity contribution in [2.45, 2.75) is 65.8 Å². The molecule has 0 aromatic carbocycles. The average Bonchev–Trinajstić information content (AvgIpc) is 3.07. The summed E-state index contributed by atoms with van der Waals surface area (Å²) in [5.74, 6) is -1.15. The van der Waals surface area contributed by atoms with Crippen LogP contribution < -0.4 is 0 Å². The van der Waals surface area contributed by atoms with Crippen LogP contribution in [0.15, 0.2) is 10.2 Å². The third-order valence-corrected chi connectivity index (χ3v) is 9.75. The maximum absolute atomic E-state index is 13.3. The first-order valence-corrected chi connectivity index (χ1v) is 11.0. The fraction of sp³-hybridized carbons (Fsp3) is 0.818. The van der Waals surface area contributed by atoms with Crippen LogP contribution in [0.25, 0.3) is 0 Å². The van der Waals surface area contributed by atoms with Crippen molar-refractivity contribution in [2.24, 2.45) is 56.5 Å². The first-order chi connectivity index (χ1) is 13.8. The third kappa shape index (κ3) is 1.80. The average molecular weight is 415 g/mol. The Morgan fingerprint density at radius 1 is 0.800 bits per heavy atom. The zero-order valence-corrected chi connectivity index (χ0v) is 18.4. The van der Waals surface area contributed by atoms with E-state index < -0.39 is 23.3 Å². The maximum Gasteiger partial charge on any atom is 0.336 e. The van der Waals surface area contributed by atoms with E-state index in [4.69, 9.17) is 0 Å². The van der Waals surface area contributed by atoms with Gasteiger partial charge >= 0.3 is 11.8 Å². The second-order valence-corrected chi connectivity index (χ2v) is 11.7. The van der Waals surface area contributed by atoms with E-state index in [1.165, 1.54) is 0 Å². The molecule has 0 aromatic heterocycles. The quantitative estimate of drug-likeness (QED) is 0.584. The predicted octanol–water partition coefficient (Wildman–Crippen LogP) is 1.38. The Balaban J connectivity index is 1.28. The van der Waals surface area contributed by atoms with Crippen molar-refractivity contribution in [3.63, 3.8) is 0 Å². The molecule has 4 fully saturated rings. The lowest BCUT2D eigenvalue weighted by Crippen LogP contribution is -2.58. The molecule has 6 rings (SSSR count). The highest BCUT2D eigenvalue weighted by atomic mass is 16.3. The Bertz CT molecular complexity index is 908. The maximum atomic E-state index is 13.3. The van der Waals surface area contributed by atoms with Crippen molar-refractivity contribution >= 4 is 23.2 Å². The number of carbonyl (C=O) groups is 2. The second kappa shape index (κ2) is 4.83. The molecular formula is C22H30N4O4. The smallest absolute Gasteiger partial charge is 0.336 e. The van der Waals surface area contributed by atoms with Gasteiger partial charge in [0, 0.05) is 24.3 Å². The van der Waals surface area contributed by atoms with Crippen LogP contribution in [-0.2, 0) is 9.59 Å². The molecule has 4 saturated carbocycles. The van der Waals surface area contributed by atoms with Crippen molar-refractivity contribution < 1.29 is 19.8 Å². The van der Waals surface area contributed by atoms with E-state index in [9.17, 15) is 19.8 Å². The van der Waals surface area contributed by atoms with Gasteiger partial charge in [-0.15, -0.1) is 0 Å². The number of hydrogen-bond donors (Lipinski definition) is 2. The highest BCUT2D eigenvalue weighted by Crippen LogP contribution is 2.74. The minimum absolute atomic E-state index is 0.118. The number of rotatable bonds is 0. The van der Waals surface area contributed by atoms with Crippen LogP contribution in [0.3, 0.4) is 0 Å². The van der Waals surface area contributed by atoms with Gasteiger partial charge in [-0.2, -0.15) is 20.2 Å². The number of hydrogen-bond acceptors (Lipinski definition) is 6. The zero-order valence-electron chi connectivity index (χ0n) is 18.4. The van der Waals surface area contributed by atoms with E-state index in [1.807, 2.05) is 13.8 Å². The van der Waals surface area contributed by atoms with Gasteiger partial charge in [0.05, 0.1) is 11.8 Å². The van der Waals surface area contributed by atoms with E-state index in [-0.39, 0.29) is 34.5 Å². The summed E-state index contributed by atoms with van der Waals surface area (Å²) in [5, 5.41) is 33.4. The zero-order chi connectivity index (χ0) is 21.8. The molecule has 0 spiro atoms. The summed E-state index contributed by atoms with van der Waals surface area (Å²) in [4.78, 5) is 26.5. The van der Waals surface area contributed by atoms with Gasteiger partial charge in [0.1, 0.15) is 0 Å². The summed E-state index contributed by atoms with van der Waals surface area (Å²) in [6.45, 7) is 12.3. The molecule has 2 heterocycles. The van der Waals surface area contributed by atoms with Gasteiger partial charge in [0.25, 0.3) is 0 Å². The molecule has 2 N–H and O–H groups in total. The molecule has 0 saturated heterocycles. The molecule has 0 unspecified atom stereocenters. The van der Waals surface area contributed by atoms with Crippen molar-refractivity contribution in [1.82, 2.24) is 10.0 Å². The molecule has 0 aromatic rings. The summed E-state index contributed by atoms with van der Waals surface area (Å²) in [7, 11) is 0. The molecule has 2 aliphatic heterocycles. The fourth-order valence-electron chi connectivity index (χ4n) is 8.02. The molecule has 4 aliphatic carbocycles. The number of amides is 2. The van der Waals surface area contributed by atoms with E-state index >= 15 is 0 Å². The topological polar surface area (TPSA) is 106 Å². The van der Waals surface area contributed by atoms with Gasteiger partial charge in [0.2, 0.25) is 0 Å². The summed E-state index contributed by atoms with van der Waals surface area (Å²) in [5.41, 5.74) is -1.29. The number of nitrogens with zero attached hydrogens (tertiary/aromatic N) is 4. The van der Waals surface area contributed by atoms with Crippen molar-refractivity contribution in [3.8, 4) is 0 Å². The van der Waals surface area contributed by atoms with E-state index in [0.717, 1.165) is 10.0 Å². The van der Waals surface area contributed by atoms with Crippen LogP contribution in [0, 0.1) is 46.3 Å². The Hall–Kier alpha value is -1.80. The monoisotopic (exact) mass is 414 g/mol. The SMILES string of the molecule is CC1=NN(C(=O)C(=O)N2N=C(C)[C@H]3[C@@H]4[C@@H](C[C@]32O)C4(C)C)[C@]2(O)C[C@@H]3[C@@H]([C@H]12)C3(C)C. The van der Waals surface area contributed by atoms with Crippen LogP contribution in [0.4, 0.5) is 0 Å². The number of fused-ring (bicyclic) bond motifs is 6. The fourth-order valence-corrected chi connectivity index (χ4v) is 8.02. The van der Waals surface area contributed by atoms with Gasteiger partial charge < -0.3 is 10.2 Å².